The second kappa shape index (κ2) is 7.14. The van der Waals surface area contributed by atoms with Crippen LogP contribution >= 0.6 is 0 Å². The molecule has 0 amide bonds. The first-order valence-electron chi connectivity index (χ1n) is 7.01. The van der Waals surface area contributed by atoms with Crippen molar-refractivity contribution in [1.29, 1.82) is 0 Å². The van der Waals surface area contributed by atoms with E-state index in [4.69, 9.17) is 0 Å². The Morgan fingerprint density at radius 2 is 2.25 bits per heavy atom. The summed E-state index contributed by atoms with van der Waals surface area (Å²) in [4.78, 5) is 4.34. The largest absolute Gasteiger partial charge is 0.319 e. The number of nitrogens with one attached hydrogen (secondary N) is 1. The molecule has 0 aliphatic rings. The highest BCUT2D eigenvalue weighted by Gasteiger charge is 2.16. The van der Waals surface area contributed by atoms with Crippen molar-refractivity contribution < 1.29 is 4.39 Å². The first-order valence-corrected chi connectivity index (χ1v) is 7.01. The second-order valence-electron chi connectivity index (χ2n) is 4.91. The van der Waals surface area contributed by atoms with Crippen LogP contribution in [0.3, 0.4) is 0 Å². The highest BCUT2D eigenvalue weighted by atomic mass is 19.1. The molecule has 1 heterocycles. The SMILES string of the molecule is CCCn1ncnc1CC(CNC)c1cccc(F)c1. The number of hydrogen-bond donors (Lipinski definition) is 1. The van der Waals surface area contributed by atoms with Crippen LogP contribution in [0.4, 0.5) is 4.39 Å². The van der Waals surface area contributed by atoms with Crippen LogP contribution in [0, 0.1) is 5.82 Å². The Bertz CT molecular complexity index is 538. The molecule has 1 N–H and O–H groups in total. The summed E-state index contributed by atoms with van der Waals surface area (Å²) in [6.45, 7) is 3.76. The fourth-order valence-electron chi connectivity index (χ4n) is 2.38. The van der Waals surface area contributed by atoms with Gasteiger partial charge in [0, 0.05) is 25.4 Å². The summed E-state index contributed by atoms with van der Waals surface area (Å²) in [5, 5.41) is 7.41. The average Bonchev–Trinajstić information content (AvgIpc) is 2.86. The van der Waals surface area contributed by atoms with Crippen LogP contribution in [-0.4, -0.2) is 28.4 Å². The predicted octanol–water partition coefficient (Wildman–Crippen LogP) is 2.37. The molecule has 0 spiro atoms. The Labute approximate surface area is 119 Å². The normalized spacial score (nSPS) is 12.6. The Morgan fingerprint density at radius 1 is 1.40 bits per heavy atom. The van der Waals surface area contributed by atoms with Crippen molar-refractivity contribution in [2.75, 3.05) is 13.6 Å². The van der Waals surface area contributed by atoms with Crippen LogP contribution < -0.4 is 5.32 Å². The molecule has 1 atom stereocenters. The molecule has 0 fully saturated rings. The van der Waals surface area contributed by atoms with E-state index in [1.807, 2.05) is 17.8 Å². The van der Waals surface area contributed by atoms with Gasteiger partial charge in [0.2, 0.25) is 0 Å². The van der Waals surface area contributed by atoms with Gasteiger partial charge in [0.25, 0.3) is 0 Å². The van der Waals surface area contributed by atoms with Crippen LogP contribution in [0.5, 0.6) is 0 Å². The quantitative estimate of drug-likeness (QED) is 0.844. The van der Waals surface area contributed by atoms with Gasteiger partial charge in [0.15, 0.2) is 0 Å². The van der Waals surface area contributed by atoms with Crippen molar-refractivity contribution in [3.05, 3.63) is 47.8 Å². The number of likely N-dealkylation sites (N-methyl/N-ethyl adjacent to an activating group) is 1. The molecule has 0 saturated heterocycles. The molecule has 4 nitrogen and oxygen atoms in total. The minimum Gasteiger partial charge on any atom is -0.319 e. The van der Waals surface area contributed by atoms with Gasteiger partial charge in [-0.25, -0.2) is 9.37 Å². The zero-order valence-electron chi connectivity index (χ0n) is 12.0. The van der Waals surface area contributed by atoms with Crippen molar-refractivity contribution >= 4 is 0 Å². The summed E-state index contributed by atoms with van der Waals surface area (Å²) in [5.41, 5.74) is 0.991. The minimum absolute atomic E-state index is 0.190. The van der Waals surface area contributed by atoms with E-state index in [9.17, 15) is 4.39 Å². The van der Waals surface area contributed by atoms with Gasteiger partial charge < -0.3 is 5.32 Å². The summed E-state index contributed by atoms with van der Waals surface area (Å²) < 4.78 is 15.3. The number of hydrogen-bond acceptors (Lipinski definition) is 3. The van der Waals surface area contributed by atoms with Crippen molar-refractivity contribution in [3.63, 3.8) is 0 Å². The third-order valence-electron chi connectivity index (χ3n) is 3.33. The Kier molecular flexibility index (Phi) is 5.24. The Hall–Kier alpha value is -1.75. The Balaban J connectivity index is 2.18. The van der Waals surface area contributed by atoms with Gasteiger partial charge in [-0.3, -0.25) is 4.68 Å². The molecule has 2 rings (SSSR count). The van der Waals surface area contributed by atoms with Crippen LogP contribution in [0.25, 0.3) is 0 Å². The molecule has 5 heteroatoms. The zero-order chi connectivity index (χ0) is 14.4. The molecule has 1 aromatic heterocycles. The summed E-state index contributed by atoms with van der Waals surface area (Å²) in [7, 11) is 1.91. The highest BCUT2D eigenvalue weighted by Crippen LogP contribution is 2.20. The lowest BCUT2D eigenvalue weighted by atomic mass is 9.95. The summed E-state index contributed by atoms with van der Waals surface area (Å²) >= 11 is 0. The van der Waals surface area contributed by atoms with E-state index < -0.39 is 0 Å². The standard InChI is InChI=1S/C15H21FN4/c1-3-7-20-15(18-11-19-20)9-13(10-17-2)12-5-4-6-14(16)8-12/h4-6,8,11,13,17H,3,7,9-10H2,1-2H3. The molecule has 0 bridgehead atoms. The maximum Gasteiger partial charge on any atom is 0.138 e. The second-order valence-corrected chi connectivity index (χ2v) is 4.91. The van der Waals surface area contributed by atoms with Crippen LogP contribution in [0.2, 0.25) is 0 Å². The van der Waals surface area contributed by atoms with Gasteiger partial charge >= 0.3 is 0 Å². The molecule has 20 heavy (non-hydrogen) atoms. The van der Waals surface area contributed by atoms with E-state index in [1.165, 1.54) is 6.07 Å². The summed E-state index contributed by atoms with van der Waals surface area (Å²) in [6, 6.07) is 6.79. The number of benzene rings is 1. The van der Waals surface area contributed by atoms with E-state index in [-0.39, 0.29) is 11.7 Å². The van der Waals surface area contributed by atoms with Crippen LogP contribution in [-0.2, 0) is 13.0 Å². The van der Waals surface area contributed by atoms with Crippen molar-refractivity contribution in [2.24, 2.45) is 0 Å². The zero-order valence-corrected chi connectivity index (χ0v) is 12.0. The van der Waals surface area contributed by atoms with Gasteiger partial charge in [-0.15, -0.1) is 0 Å². The maximum absolute atomic E-state index is 13.4. The first-order chi connectivity index (χ1) is 9.74. The fourth-order valence-corrected chi connectivity index (χ4v) is 2.38. The minimum atomic E-state index is -0.196. The van der Waals surface area contributed by atoms with Crippen molar-refractivity contribution in [2.45, 2.75) is 32.2 Å². The lowest BCUT2D eigenvalue weighted by Gasteiger charge is -2.17. The number of rotatable bonds is 7. The van der Waals surface area contributed by atoms with Gasteiger partial charge in [-0.05, 0) is 31.2 Å². The monoisotopic (exact) mass is 276 g/mol. The number of halogens is 1. The highest BCUT2D eigenvalue weighted by molar-refractivity contribution is 5.22. The number of aromatic nitrogens is 3. The molecule has 0 saturated carbocycles. The van der Waals surface area contributed by atoms with Crippen molar-refractivity contribution in [1.82, 2.24) is 20.1 Å². The molecule has 1 unspecified atom stereocenters. The summed E-state index contributed by atoms with van der Waals surface area (Å²) in [6.07, 6.45) is 3.37. The lowest BCUT2D eigenvalue weighted by Crippen LogP contribution is -2.21. The van der Waals surface area contributed by atoms with E-state index in [0.29, 0.717) is 0 Å². The number of nitrogens with zero attached hydrogens (tertiary/aromatic N) is 3. The van der Waals surface area contributed by atoms with Gasteiger partial charge in [0.05, 0.1) is 0 Å². The third kappa shape index (κ3) is 3.63. The molecular formula is C15H21FN4. The predicted molar refractivity (Wildman–Crippen MR) is 77.1 cm³/mol. The molecule has 0 aliphatic carbocycles. The van der Waals surface area contributed by atoms with E-state index in [2.05, 4.69) is 22.3 Å². The lowest BCUT2D eigenvalue weighted by molar-refractivity contribution is 0.531. The molecule has 0 aliphatic heterocycles. The third-order valence-corrected chi connectivity index (χ3v) is 3.33. The smallest absolute Gasteiger partial charge is 0.138 e. The molecular weight excluding hydrogens is 255 g/mol. The first kappa shape index (κ1) is 14.7. The van der Waals surface area contributed by atoms with Crippen LogP contribution in [0.1, 0.15) is 30.7 Å². The molecule has 0 radical (unpaired) electrons. The van der Waals surface area contributed by atoms with E-state index in [1.54, 1.807) is 18.5 Å². The van der Waals surface area contributed by atoms with E-state index in [0.717, 1.165) is 37.3 Å². The molecule has 1 aromatic carbocycles. The maximum atomic E-state index is 13.4. The fraction of sp³-hybridized carbons (Fsp3) is 0.467. The Morgan fingerprint density at radius 3 is 2.95 bits per heavy atom. The van der Waals surface area contributed by atoms with Crippen molar-refractivity contribution in [3.8, 4) is 0 Å². The van der Waals surface area contributed by atoms with Gasteiger partial charge in [-0.2, -0.15) is 5.10 Å². The number of aryl methyl sites for hydroxylation is 1. The summed E-state index contributed by atoms with van der Waals surface area (Å²) in [5.74, 6) is 0.950. The van der Waals surface area contributed by atoms with E-state index >= 15 is 0 Å². The topological polar surface area (TPSA) is 42.7 Å². The molecule has 108 valence electrons. The van der Waals surface area contributed by atoms with Crippen LogP contribution in [0.15, 0.2) is 30.6 Å². The van der Waals surface area contributed by atoms with Gasteiger partial charge in [-0.1, -0.05) is 19.1 Å². The van der Waals surface area contributed by atoms with Gasteiger partial charge in [0.1, 0.15) is 18.0 Å². The molecule has 2 aromatic rings. The average molecular weight is 276 g/mol.